The van der Waals surface area contributed by atoms with Gasteiger partial charge in [-0.2, -0.15) is 9.78 Å². The smallest absolute Gasteiger partial charge is 0.280 e. The van der Waals surface area contributed by atoms with Crippen LogP contribution in [0.15, 0.2) is 71.5 Å². The first kappa shape index (κ1) is 14.3. The molecule has 0 atom stereocenters. The molecule has 5 rings (SSSR count). The predicted molar refractivity (Wildman–Crippen MR) is 101 cm³/mol. The molecular weight excluding hydrogens is 334 g/mol. The molecule has 1 N–H and O–H groups in total. The number of halogens is 1. The Labute approximate surface area is 148 Å². The van der Waals surface area contributed by atoms with Crippen LogP contribution in [0, 0.1) is 0 Å². The van der Waals surface area contributed by atoms with Gasteiger partial charge in [0, 0.05) is 27.3 Å². The fourth-order valence-corrected chi connectivity index (χ4v) is 3.50. The summed E-state index contributed by atoms with van der Waals surface area (Å²) < 4.78 is 1.46. The zero-order valence-electron chi connectivity index (χ0n) is 13.0. The fraction of sp³-hybridized carbons (Fsp3) is 0. The summed E-state index contributed by atoms with van der Waals surface area (Å²) in [5.74, 6) is 0. The van der Waals surface area contributed by atoms with Gasteiger partial charge in [-0.05, 0) is 42.5 Å². The minimum atomic E-state index is -0.156. The van der Waals surface area contributed by atoms with Crippen LogP contribution in [0.1, 0.15) is 0 Å². The second-order valence-corrected chi connectivity index (χ2v) is 6.38. The van der Waals surface area contributed by atoms with Crippen LogP contribution in [-0.2, 0) is 0 Å². The lowest BCUT2D eigenvalue weighted by molar-refractivity contribution is 0.834. The second-order valence-electron chi connectivity index (χ2n) is 5.94. The van der Waals surface area contributed by atoms with E-state index < -0.39 is 0 Å². The normalized spacial score (nSPS) is 11.9. The van der Waals surface area contributed by atoms with E-state index in [-0.39, 0.29) is 5.56 Å². The summed E-state index contributed by atoms with van der Waals surface area (Å²) in [5.41, 5.74) is 4.51. The number of nitrogens with zero attached hydrogens (tertiary/aromatic N) is 2. The molecular formula is C20H12ClN3O. The SMILES string of the molecule is O=c1c2c3c(cccc3nn1-c1ccccc1)Nc1ccc(Cl)cc1-2. The maximum Gasteiger partial charge on any atom is 0.280 e. The highest BCUT2D eigenvalue weighted by Crippen LogP contribution is 2.42. The van der Waals surface area contributed by atoms with Crippen molar-refractivity contribution in [1.29, 1.82) is 0 Å². The number of fused-ring (bicyclic) bond motifs is 2. The summed E-state index contributed by atoms with van der Waals surface area (Å²) in [6.45, 7) is 0. The Morgan fingerprint density at radius 3 is 2.60 bits per heavy atom. The summed E-state index contributed by atoms with van der Waals surface area (Å²) in [4.78, 5) is 13.3. The lowest BCUT2D eigenvalue weighted by Crippen LogP contribution is -2.24. The van der Waals surface area contributed by atoms with Crippen molar-refractivity contribution in [2.24, 2.45) is 0 Å². The van der Waals surface area contributed by atoms with Gasteiger partial charge in [0.15, 0.2) is 0 Å². The summed E-state index contributed by atoms with van der Waals surface area (Å²) in [6.07, 6.45) is 0. The Hall–Kier alpha value is -3.11. The lowest BCUT2D eigenvalue weighted by atomic mass is 9.95. The lowest BCUT2D eigenvalue weighted by Gasteiger charge is -2.22. The van der Waals surface area contributed by atoms with Gasteiger partial charge in [-0.1, -0.05) is 35.9 Å². The van der Waals surface area contributed by atoms with Crippen LogP contribution in [0.4, 0.5) is 11.4 Å². The van der Waals surface area contributed by atoms with Crippen LogP contribution in [0.25, 0.3) is 27.7 Å². The van der Waals surface area contributed by atoms with E-state index in [1.54, 1.807) is 0 Å². The van der Waals surface area contributed by atoms with E-state index in [1.165, 1.54) is 4.68 Å². The van der Waals surface area contributed by atoms with E-state index >= 15 is 0 Å². The minimum Gasteiger partial charge on any atom is -0.354 e. The molecule has 1 aliphatic rings. The van der Waals surface area contributed by atoms with Crippen LogP contribution in [0.3, 0.4) is 0 Å². The third-order valence-electron chi connectivity index (χ3n) is 4.43. The summed E-state index contributed by atoms with van der Waals surface area (Å²) in [7, 11) is 0. The molecule has 1 aromatic heterocycles. The monoisotopic (exact) mass is 345 g/mol. The van der Waals surface area contributed by atoms with E-state index in [4.69, 9.17) is 11.6 Å². The van der Waals surface area contributed by atoms with Crippen molar-refractivity contribution in [1.82, 2.24) is 9.78 Å². The van der Waals surface area contributed by atoms with Crippen molar-refractivity contribution in [3.05, 3.63) is 82.1 Å². The van der Waals surface area contributed by atoms with Gasteiger partial charge in [-0.3, -0.25) is 4.79 Å². The number of aromatic nitrogens is 2. The average molecular weight is 346 g/mol. The Bertz CT molecular complexity index is 1200. The highest BCUT2D eigenvalue weighted by atomic mass is 35.5. The quantitative estimate of drug-likeness (QED) is 0.476. The molecule has 2 heterocycles. The Balaban J connectivity index is 1.96. The topological polar surface area (TPSA) is 46.9 Å². The highest BCUT2D eigenvalue weighted by molar-refractivity contribution is 6.31. The largest absolute Gasteiger partial charge is 0.354 e. The summed E-state index contributed by atoms with van der Waals surface area (Å²) in [6, 6.07) is 20.8. The third kappa shape index (κ3) is 2.08. The molecule has 0 amide bonds. The Kier molecular flexibility index (Phi) is 2.96. The molecule has 0 saturated carbocycles. The molecule has 1 aliphatic heterocycles. The van der Waals surface area contributed by atoms with Crippen molar-refractivity contribution in [3.63, 3.8) is 0 Å². The van der Waals surface area contributed by atoms with Crippen molar-refractivity contribution in [2.75, 3.05) is 5.32 Å². The maximum atomic E-state index is 13.3. The molecule has 5 heteroatoms. The van der Waals surface area contributed by atoms with E-state index in [0.717, 1.165) is 33.5 Å². The van der Waals surface area contributed by atoms with Crippen molar-refractivity contribution in [2.45, 2.75) is 0 Å². The molecule has 0 unspecified atom stereocenters. The van der Waals surface area contributed by atoms with Crippen LogP contribution < -0.4 is 10.9 Å². The van der Waals surface area contributed by atoms with E-state index in [9.17, 15) is 4.79 Å². The van der Waals surface area contributed by atoms with E-state index in [1.807, 2.05) is 66.7 Å². The van der Waals surface area contributed by atoms with Crippen LogP contribution in [0.2, 0.25) is 5.02 Å². The van der Waals surface area contributed by atoms with Gasteiger partial charge >= 0.3 is 0 Å². The summed E-state index contributed by atoms with van der Waals surface area (Å²) >= 11 is 6.20. The van der Waals surface area contributed by atoms with Crippen molar-refractivity contribution < 1.29 is 0 Å². The van der Waals surface area contributed by atoms with Gasteiger partial charge in [0.1, 0.15) is 0 Å². The molecule has 3 aromatic carbocycles. The molecule has 0 radical (unpaired) electrons. The van der Waals surface area contributed by atoms with Crippen molar-refractivity contribution >= 4 is 33.9 Å². The van der Waals surface area contributed by atoms with Crippen LogP contribution in [-0.4, -0.2) is 9.78 Å². The molecule has 0 bridgehead atoms. The zero-order chi connectivity index (χ0) is 17.0. The number of hydrogen-bond acceptors (Lipinski definition) is 3. The molecule has 4 nitrogen and oxygen atoms in total. The molecule has 120 valence electrons. The van der Waals surface area contributed by atoms with Gasteiger partial charge < -0.3 is 5.32 Å². The first-order chi connectivity index (χ1) is 12.2. The zero-order valence-corrected chi connectivity index (χ0v) is 13.8. The number of para-hydroxylation sites is 1. The maximum absolute atomic E-state index is 13.3. The Morgan fingerprint density at radius 2 is 1.76 bits per heavy atom. The van der Waals surface area contributed by atoms with E-state index in [0.29, 0.717) is 10.6 Å². The van der Waals surface area contributed by atoms with Gasteiger partial charge in [0.05, 0.1) is 16.8 Å². The van der Waals surface area contributed by atoms with Crippen molar-refractivity contribution in [3.8, 4) is 16.8 Å². The molecule has 0 saturated heterocycles. The first-order valence-corrected chi connectivity index (χ1v) is 8.28. The van der Waals surface area contributed by atoms with E-state index in [2.05, 4.69) is 10.4 Å². The highest BCUT2D eigenvalue weighted by Gasteiger charge is 2.23. The molecule has 0 aliphatic carbocycles. The number of nitrogens with one attached hydrogen (secondary N) is 1. The fourth-order valence-electron chi connectivity index (χ4n) is 3.33. The number of hydrogen-bond donors (Lipinski definition) is 1. The van der Waals surface area contributed by atoms with Gasteiger partial charge in [-0.25, -0.2) is 0 Å². The molecule has 4 aromatic rings. The van der Waals surface area contributed by atoms with Gasteiger partial charge in [-0.15, -0.1) is 0 Å². The predicted octanol–water partition coefficient (Wildman–Crippen LogP) is 4.76. The molecule has 0 fully saturated rings. The number of rotatable bonds is 1. The van der Waals surface area contributed by atoms with Gasteiger partial charge in [0.25, 0.3) is 5.56 Å². The van der Waals surface area contributed by atoms with Gasteiger partial charge in [0.2, 0.25) is 0 Å². The minimum absolute atomic E-state index is 0.156. The summed E-state index contributed by atoms with van der Waals surface area (Å²) in [5, 5.41) is 9.37. The second kappa shape index (κ2) is 5.19. The first-order valence-electron chi connectivity index (χ1n) is 7.91. The average Bonchev–Trinajstić information content (AvgIpc) is 2.64. The third-order valence-corrected chi connectivity index (χ3v) is 4.66. The standard InChI is InChI=1S/C20H12ClN3O/c21-12-9-10-15-14(11-12)18-19-16(22-15)7-4-8-17(19)23-24(20(18)25)13-5-2-1-3-6-13/h1-11,22H. The number of anilines is 2. The van der Waals surface area contributed by atoms with Crippen LogP contribution >= 0.6 is 11.6 Å². The number of benzene rings is 3. The molecule has 25 heavy (non-hydrogen) atoms. The van der Waals surface area contributed by atoms with Crippen LogP contribution in [0.5, 0.6) is 0 Å². The molecule has 0 spiro atoms. The Morgan fingerprint density at radius 1 is 0.920 bits per heavy atom.